The second-order valence-corrected chi connectivity index (χ2v) is 4.24. The van der Waals surface area contributed by atoms with Gasteiger partial charge in [-0.2, -0.15) is 0 Å². The number of hydrogen-bond acceptors (Lipinski definition) is 5. The molecule has 0 aliphatic carbocycles. The van der Waals surface area contributed by atoms with Crippen molar-refractivity contribution >= 4 is 5.82 Å². The number of ether oxygens (including phenoxy) is 1. The first-order chi connectivity index (χ1) is 9.22. The molecule has 2 aromatic heterocycles. The molecular formula is C14H18N4O. The largest absolute Gasteiger partial charge is 0.478 e. The number of aromatic nitrogens is 3. The fourth-order valence-corrected chi connectivity index (χ4v) is 1.76. The van der Waals surface area contributed by atoms with Crippen molar-refractivity contribution in [3.8, 4) is 5.88 Å². The molecule has 0 spiro atoms. The van der Waals surface area contributed by atoms with Gasteiger partial charge in [0.15, 0.2) is 0 Å². The average molecular weight is 258 g/mol. The minimum absolute atomic E-state index is 0.596. The smallest absolute Gasteiger partial charge is 0.221 e. The van der Waals surface area contributed by atoms with Gasteiger partial charge in [-0.3, -0.25) is 4.98 Å². The zero-order valence-corrected chi connectivity index (χ0v) is 11.5. The standard InChI is InChI=1S/C14H18N4O/c1-4-19-14-11(3)13(17-9-18-14)16-8-12-7-15-6-5-10(12)2/h5-7,9H,4,8H2,1-3H3,(H,16,17,18). The molecule has 0 aromatic carbocycles. The molecular weight excluding hydrogens is 240 g/mol. The summed E-state index contributed by atoms with van der Waals surface area (Å²) in [7, 11) is 0. The zero-order chi connectivity index (χ0) is 13.7. The number of aryl methyl sites for hydroxylation is 1. The summed E-state index contributed by atoms with van der Waals surface area (Å²) in [6.07, 6.45) is 5.17. The van der Waals surface area contributed by atoms with Crippen LogP contribution >= 0.6 is 0 Å². The first-order valence-electron chi connectivity index (χ1n) is 6.30. The van der Waals surface area contributed by atoms with Crippen LogP contribution in [0.2, 0.25) is 0 Å². The first kappa shape index (κ1) is 13.3. The van der Waals surface area contributed by atoms with Crippen molar-refractivity contribution in [2.45, 2.75) is 27.3 Å². The summed E-state index contributed by atoms with van der Waals surface area (Å²) in [4.78, 5) is 12.5. The summed E-state index contributed by atoms with van der Waals surface area (Å²) in [5, 5.41) is 3.30. The molecule has 19 heavy (non-hydrogen) atoms. The van der Waals surface area contributed by atoms with Crippen LogP contribution in [0.3, 0.4) is 0 Å². The van der Waals surface area contributed by atoms with Gasteiger partial charge in [0.1, 0.15) is 12.1 Å². The van der Waals surface area contributed by atoms with E-state index in [0.717, 1.165) is 16.9 Å². The molecule has 0 aliphatic rings. The highest BCUT2D eigenvalue weighted by Crippen LogP contribution is 2.21. The number of nitrogens with zero attached hydrogens (tertiary/aromatic N) is 3. The van der Waals surface area contributed by atoms with Gasteiger partial charge in [-0.05, 0) is 38.0 Å². The van der Waals surface area contributed by atoms with Crippen LogP contribution in [0, 0.1) is 13.8 Å². The second-order valence-electron chi connectivity index (χ2n) is 4.24. The average Bonchev–Trinajstić information content (AvgIpc) is 2.42. The van der Waals surface area contributed by atoms with Gasteiger partial charge in [-0.15, -0.1) is 0 Å². The van der Waals surface area contributed by atoms with Crippen molar-refractivity contribution in [3.05, 3.63) is 41.5 Å². The Labute approximate surface area is 113 Å². The SMILES string of the molecule is CCOc1ncnc(NCc2cnccc2C)c1C. The molecule has 0 radical (unpaired) electrons. The van der Waals surface area contributed by atoms with Crippen LogP contribution in [0.15, 0.2) is 24.8 Å². The number of nitrogens with one attached hydrogen (secondary N) is 1. The fourth-order valence-electron chi connectivity index (χ4n) is 1.76. The minimum Gasteiger partial charge on any atom is -0.478 e. The predicted molar refractivity (Wildman–Crippen MR) is 74.2 cm³/mol. The number of anilines is 1. The van der Waals surface area contributed by atoms with Crippen LogP contribution < -0.4 is 10.1 Å². The Balaban J connectivity index is 2.12. The predicted octanol–water partition coefficient (Wildman–Crippen LogP) is 2.50. The second kappa shape index (κ2) is 6.13. The Morgan fingerprint density at radius 1 is 1.26 bits per heavy atom. The van der Waals surface area contributed by atoms with E-state index in [1.807, 2.05) is 26.1 Å². The van der Waals surface area contributed by atoms with Crippen molar-refractivity contribution in [2.75, 3.05) is 11.9 Å². The van der Waals surface area contributed by atoms with E-state index in [1.165, 1.54) is 11.9 Å². The third kappa shape index (κ3) is 3.19. The van der Waals surface area contributed by atoms with Gasteiger partial charge >= 0.3 is 0 Å². The van der Waals surface area contributed by atoms with Crippen LogP contribution in [0.1, 0.15) is 23.6 Å². The highest BCUT2D eigenvalue weighted by molar-refractivity contribution is 5.48. The molecule has 5 heteroatoms. The van der Waals surface area contributed by atoms with Gasteiger partial charge in [0, 0.05) is 18.9 Å². The lowest BCUT2D eigenvalue weighted by Crippen LogP contribution is -2.07. The topological polar surface area (TPSA) is 59.9 Å². The Morgan fingerprint density at radius 3 is 2.84 bits per heavy atom. The van der Waals surface area contributed by atoms with Gasteiger partial charge in [-0.1, -0.05) is 0 Å². The van der Waals surface area contributed by atoms with E-state index in [9.17, 15) is 0 Å². The lowest BCUT2D eigenvalue weighted by molar-refractivity contribution is 0.324. The highest BCUT2D eigenvalue weighted by atomic mass is 16.5. The Bertz CT molecular complexity index is 557. The van der Waals surface area contributed by atoms with Gasteiger partial charge in [0.2, 0.25) is 5.88 Å². The third-order valence-corrected chi connectivity index (χ3v) is 2.91. The van der Waals surface area contributed by atoms with Crippen molar-refractivity contribution in [3.63, 3.8) is 0 Å². The normalized spacial score (nSPS) is 10.3. The van der Waals surface area contributed by atoms with Gasteiger partial charge in [-0.25, -0.2) is 9.97 Å². The first-order valence-corrected chi connectivity index (χ1v) is 6.30. The van der Waals surface area contributed by atoms with Crippen LogP contribution in [-0.4, -0.2) is 21.6 Å². The summed E-state index contributed by atoms with van der Waals surface area (Å²) >= 11 is 0. The van der Waals surface area contributed by atoms with E-state index in [-0.39, 0.29) is 0 Å². The Hall–Kier alpha value is -2.17. The molecule has 2 rings (SSSR count). The van der Waals surface area contributed by atoms with E-state index in [2.05, 4.69) is 27.2 Å². The Kier molecular flexibility index (Phi) is 4.28. The van der Waals surface area contributed by atoms with E-state index >= 15 is 0 Å². The molecule has 2 heterocycles. The van der Waals surface area contributed by atoms with Crippen molar-refractivity contribution < 1.29 is 4.74 Å². The molecule has 0 atom stereocenters. The molecule has 0 saturated carbocycles. The van der Waals surface area contributed by atoms with Crippen molar-refractivity contribution in [1.29, 1.82) is 0 Å². The summed E-state index contributed by atoms with van der Waals surface area (Å²) in [6.45, 7) is 7.23. The summed E-state index contributed by atoms with van der Waals surface area (Å²) in [5.41, 5.74) is 3.28. The van der Waals surface area contributed by atoms with Crippen LogP contribution in [-0.2, 0) is 6.54 Å². The number of hydrogen-bond donors (Lipinski definition) is 1. The number of rotatable bonds is 5. The summed E-state index contributed by atoms with van der Waals surface area (Å²) < 4.78 is 5.45. The van der Waals surface area contributed by atoms with Crippen LogP contribution in [0.5, 0.6) is 5.88 Å². The molecule has 0 bridgehead atoms. The minimum atomic E-state index is 0.596. The maximum atomic E-state index is 5.45. The maximum Gasteiger partial charge on any atom is 0.221 e. The zero-order valence-electron chi connectivity index (χ0n) is 11.5. The molecule has 2 aromatic rings. The quantitative estimate of drug-likeness (QED) is 0.892. The van der Waals surface area contributed by atoms with Crippen molar-refractivity contribution in [2.24, 2.45) is 0 Å². The fraction of sp³-hybridized carbons (Fsp3) is 0.357. The molecule has 100 valence electrons. The van der Waals surface area contributed by atoms with Crippen molar-refractivity contribution in [1.82, 2.24) is 15.0 Å². The highest BCUT2D eigenvalue weighted by Gasteiger charge is 2.07. The molecule has 1 N–H and O–H groups in total. The molecule has 0 fully saturated rings. The molecule has 5 nitrogen and oxygen atoms in total. The summed E-state index contributed by atoms with van der Waals surface area (Å²) in [5.74, 6) is 1.42. The van der Waals surface area contributed by atoms with Crippen LogP contribution in [0.4, 0.5) is 5.82 Å². The molecule has 0 unspecified atom stereocenters. The lowest BCUT2D eigenvalue weighted by atomic mass is 10.1. The van der Waals surface area contributed by atoms with E-state index < -0.39 is 0 Å². The van der Waals surface area contributed by atoms with E-state index in [4.69, 9.17) is 4.74 Å². The molecule has 0 aliphatic heterocycles. The molecule has 0 saturated heterocycles. The summed E-state index contributed by atoms with van der Waals surface area (Å²) in [6, 6.07) is 2.00. The lowest BCUT2D eigenvalue weighted by Gasteiger charge is -2.12. The van der Waals surface area contributed by atoms with Crippen LogP contribution in [0.25, 0.3) is 0 Å². The maximum absolute atomic E-state index is 5.45. The third-order valence-electron chi connectivity index (χ3n) is 2.91. The van der Waals surface area contributed by atoms with Gasteiger partial charge in [0.25, 0.3) is 0 Å². The molecule has 0 amide bonds. The van der Waals surface area contributed by atoms with Gasteiger partial charge in [0.05, 0.1) is 12.2 Å². The van der Waals surface area contributed by atoms with Gasteiger partial charge < -0.3 is 10.1 Å². The monoisotopic (exact) mass is 258 g/mol. The Morgan fingerprint density at radius 2 is 2.11 bits per heavy atom. The number of pyridine rings is 1. The van der Waals surface area contributed by atoms with E-state index in [1.54, 1.807) is 6.20 Å². The van der Waals surface area contributed by atoms with E-state index in [0.29, 0.717) is 19.0 Å².